The fourth-order valence-electron chi connectivity index (χ4n) is 1.33. The first-order valence-corrected chi connectivity index (χ1v) is 6.66. The molecular formula is C11H10Br2N2O4. The van der Waals surface area contributed by atoms with Crippen molar-refractivity contribution >= 4 is 49.6 Å². The third kappa shape index (κ3) is 4.99. The average Bonchev–Trinajstić information content (AvgIpc) is 2.25. The van der Waals surface area contributed by atoms with Crippen LogP contribution in [0.3, 0.4) is 0 Å². The zero-order valence-corrected chi connectivity index (χ0v) is 12.7. The third-order valence-electron chi connectivity index (χ3n) is 2.13. The van der Waals surface area contributed by atoms with E-state index in [9.17, 15) is 14.4 Å². The van der Waals surface area contributed by atoms with Crippen molar-refractivity contribution < 1.29 is 19.5 Å². The highest BCUT2D eigenvalue weighted by Gasteiger charge is 2.22. The number of carbonyl (C=O) groups excluding carboxylic acids is 2. The first-order valence-electron chi connectivity index (χ1n) is 5.07. The molecule has 8 heteroatoms. The van der Waals surface area contributed by atoms with Gasteiger partial charge < -0.3 is 16.2 Å². The Labute approximate surface area is 125 Å². The van der Waals surface area contributed by atoms with Gasteiger partial charge in [-0.05, 0) is 18.2 Å². The molecule has 0 heterocycles. The van der Waals surface area contributed by atoms with Crippen molar-refractivity contribution in [2.45, 2.75) is 12.5 Å². The van der Waals surface area contributed by atoms with E-state index in [0.717, 1.165) is 0 Å². The average molecular weight is 394 g/mol. The molecule has 19 heavy (non-hydrogen) atoms. The third-order valence-corrected chi connectivity index (χ3v) is 3.05. The number of carboxylic acid groups (broad SMARTS) is 1. The molecule has 0 fully saturated rings. The summed E-state index contributed by atoms with van der Waals surface area (Å²) >= 11 is 6.43. The summed E-state index contributed by atoms with van der Waals surface area (Å²) in [5, 5.41) is 11.1. The summed E-state index contributed by atoms with van der Waals surface area (Å²) in [5.74, 6) is -2.72. The highest BCUT2D eigenvalue weighted by atomic mass is 79.9. The number of carboxylic acids is 1. The minimum atomic E-state index is -1.34. The maximum absolute atomic E-state index is 11.9. The van der Waals surface area contributed by atoms with E-state index in [1.54, 1.807) is 6.07 Å². The lowest BCUT2D eigenvalue weighted by Gasteiger charge is -2.13. The van der Waals surface area contributed by atoms with Crippen molar-refractivity contribution in [3.8, 4) is 0 Å². The molecule has 0 aromatic heterocycles. The van der Waals surface area contributed by atoms with Crippen molar-refractivity contribution in [1.82, 2.24) is 5.32 Å². The van der Waals surface area contributed by atoms with E-state index in [2.05, 4.69) is 37.2 Å². The van der Waals surface area contributed by atoms with Crippen molar-refractivity contribution in [3.63, 3.8) is 0 Å². The van der Waals surface area contributed by atoms with Gasteiger partial charge >= 0.3 is 5.97 Å². The van der Waals surface area contributed by atoms with Gasteiger partial charge in [0.2, 0.25) is 5.91 Å². The van der Waals surface area contributed by atoms with E-state index >= 15 is 0 Å². The van der Waals surface area contributed by atoms with Crippen LogP contribution in [0, 0.1) is 0 Å². The van der Waals surface area contributed by atoms with Crippen LogP contribution in [0.5, 0.6) is 0 Å². The Morgan fingerprint density at radius 1 is 1.21 bits per heavy atom. The van der Waals surface area contributed by atoms with Crippen LogP contribution < -0.4 is 11.1 Å². The Morgan fingerprint density at radius 2 is 1.74 bits per heavy atom. The van der Waals surface area contributed by atoms with Gasteiger partial charge in [0.1, 0.15) is 6.04 Å². The number of benzene rings is 1. The van der Waals surface area contributed by atoms with Crippen LogP contribution >= 0.6 is 31.9 Å². The second-order valence-electron chi connectivity index (χ2n) is 3.69. The van der Waals surface area contributed by atoms with Gasteiger partial charge in [0.05, 0.1) is 6.42 Å². The first kappa shape index (κ1) is 15.6. The van der Waals surface area contributed by atoms with Gasteiger partial charge in [0.25, 0.3) is 5.91 Å². The van der Waals surface area contributed by atoms with E-state index in [1.807, 2.05) is 0 Å². The van der Waals surface area contributed by atoms with Crippen molar-refractivity contribution in [2.24, 2.45) is 5.73 Å². The number of nitrogens with one attached hydrogen (secondary N) is 1. The normalized spacial score (nSPS) is 11.7. The summed E-state index contributed by atoms with van der Waals surface area (Å²) in [4.78, 5) is 33.5. The molecule has 0 aliphatic heterocycles. The monoisotopic (exact) mass is 392 g/mol. The minimum Gasteiger partial charge on any atom is -0.480 e. The molecule has 102 valence electrons. The molecule has 0 saturated heterocycles. The van der Waals surface area contributed by atoms with Gasteiger partial charge in [-0.15, -0.1) is 0 Å². The molecule has 1 rings (SSSR count). The molecule has 1 aromatic carbocycles. The van der Waals surface area contributed by atoms with Crippen LogP contribution in [0.2, 0.25) is 0 Å². The van der Waals surface area contributed by atoms with Gasteiger partial charge in [-0.25, -0.2) is 4.79 Å². The van der Waals surface area contributed by atoms with E-state index in [-0.39, 0.29) is 5.56 Å². The number of rotatable bonds is 5. The molecule has 0 unspecified atom stereocenters. The molecule has 0 radical (unpaired) electrons. The number of nitrogens with two attached hydrogens (primary N) is 1. The van der Waals surface area contributed by atoms with Crippen LogP contribution in [0.1, 0.15) is 16.8 Å². The van der Waals surface area contributed by atoms with Crippen molar-refractivity contribution in [2.75, 3.05) is 0 Å². The largest absolute Gasteiger partial charge is 0.480 e. The lowest BCUT2D eigenvalue weighted by Crippen LogP contribution is -2.43. The molecule has 2 amide bonds. The van der Waals surface area contributed by atoms with Gasteiger partial charge in [0.15, 0.2) is 0 Å². The molecule has 0 aliphatic carbocycles. The second kappa shape index (κ2) is 6.67. The van der Waals surface area contributed by atoms with Crippen LogP contribution in [0.15, 0.2) is 27.1 Å². The zero-order chi connectivity index (χ0) is 14.6. The van der Waals surface area contributed by atoms with Gasteiger partial charge in [0, 0.05) is 14.5 Å². The Balaban J connectivity index is 2.87. The predicted molar refractivity (Wildman–Crippen MR) is 74.5 cm³/mol. The van der Waals surface area contributed by atoms with E-state index < -0.39 is 30.2 Å². The Morgan fingerprint density at radius 3 is 2.16 bits per heavy atom. The van der Waals surface area contributed by atoms with Gasteiger partial charge in [-0.2, -0.15) is 0 Å². The number of halogens is 2. The maximum atomic E-state index is 11.9. The number of carbonyl (C=O) groups is 3. The fraction of sp³-hybridized carbons (Fsp3) is 0.182. The number of hydrogen-bond acceptors (Lipinski definition) is 3. The maximum Gasteiger partial charge on any atom is 0.326 e. The molecule has 0 bridgehead atoms. The SMILES string of the molecule is NC(=O)C[C@@H](NC(=O)c1cc(Br)cc(Br)c1)C(=O)O. The molecule has 1 aromatic rings. The highest BCUT2D eigenvalue weighted by molar-refractivity contribution is 9.11. The summed E-state index contributed by atoms with van der Waals surface area (Å²) in [7, 11) is 0. The first-order chi connectivity index (χ1) is 8.79. The predicted octanol–water partition coefficient (Wildman–Crippen LogP) is 1.27. The molecule has 6 nitrogen and oxygen atoms in total. The summed E-state index contributed by atoms with van der Waals surface area (Å²) in [6.07, 6.45) is -0.462. The van der Waals surface area contributed by atoms with Crippen molar-refractivity contribution in [3.05, 3.63) is 32.7 Å². The summed E-state index contributed by atoms with van der Waals surface area (Å²) in [5.41, 5.74) is 5.19. The lowest BCUT2D eigenvalue weighted by molar-refractivity contribution is -0.140. The minimum absolute atomic E-state index is 0.261. The summed E-state index contributed by atoms with van der Waals surface area (Å²) in [6, 6.07) is 3.45. The van der Waals surface area contributed by atoms with Crippen LogP contribution in [0.4, 0.5) is 0 Å². The zero-order valence-electron chi connectivity index (χ0n) is 9.52. The van der Waals surface area contributed by atoms with Crippen LogP contribution in [-0.4, -0.2) is 28.9 Å². The standard InChI is InChI=1S/C11H10Br2N2O4/c12-6-1-5(2-7(13)3-6)10(17)15-8(11(18)19)4-9(14)16/h1-3,8H,4H2,(H2,14,16)(H,15,17)(H,18,19)/t8-/m1/s1. The Bertz CT molecular complexity index is 513. The Hall–Kier alpha value is -1.41. The molecular weight excluding hydrogens is 384 g/mol. The molecule has 0 saturated carbocycles. The van der Waals surface area contributed by atoms with Crippen molar-refractivity contribution in [1.29, 1.82) is 0 Å². The van der Waals surface area contributed by atoms with E-state index in [1.165, 1.54) is 12.1 Å². The van der Waals surface area contributed by atoms with E-state index in [0.29, 0.717) is 8.95 Å². The molecule has 1 atom stereocenters. The quantitative estimate of drug-likeness (QED) is 0.699. The van der Waals surface area contributed by atoms with E-state index in [4.69, 9.17) is 10.8 Å². The van der Waals surface area contributed by atoms with Gasteiger partial charge in [-0.1, -0.05) is 31.9 Å². The topological polar surface area (TPSA) is 109 Å². The van der Waals surface area contributed by atoms with Crippen LogP contribution in [-0.2, 0) is 9.59 Å². The molecule has 4 N–H and O–H groups in total. The Kier molecular flexibility index (Phi) is 5.49. The lowest BCUT2D eigenvalue weighted by atomic mass is 10.1. The molecule has 0 spiro atoms. The van der Waals surface area contributed by atoms with Crippen LogP contribution in [0.25, 0.3) is 0 Å². The smallest absolute Gasteiger partial charge is 0.326 e. The number of amides is 2. The fourth-order valence-corrected chi connectivity index (χ4v) is 2.62. The summed E-state index contributed by atoms with van der Waals surface area (Å²) in [6.45, 7) is 0. The summed E-state index contributed by atoms with van der Waals surface area (Å²) < 4.78 is 1.32. The second-order valence-corrected chi connectivity index (χ2v) is 5.52. The number of primary amides is 1. The highest BCUT2D eigenvalue weighted by Crippen LogP contribution is 2.20. The number of hydrogen-bond donors (Lipinski definition) is 3. The van der Waals surface area contributed by atoms with Gasteiger partial charge in [-0.3, -0.25) is 9.59 Å². The number of aliphatic carboxylic acids is 1. The molecule has 0 aliphatic rings.